The Labute approximate surface area is 136 Å². The molecule has 0 atom stereocenters. The molecule has 0 heterocycles. The lowest BCUT2D eigenvalue weighted by atomic mass is 9.97. The van der Waals surface area contributed by atoms with Crippen molar-refractivity contribution < 1.29 is 9.47 Å². The zero-order valence-corrected chi connectivity index (χ0v) is 14.7. The molecule has 1 fully saturated rings. The molecule has 1 aromatic rings. The molecule has 0 amide bonds. The number of aryl methyl sites for hydroxylation is 1. The lowest BCUT2D eigenvalue weighted by molar-refractivity contribution is 0.152. The summed E-state index contributed by atoms with van der Waals surface area (Å²) in [4.78, 5) is 0. The quantitative estimate of drug-likeness (QED) is 0.743. The molecular formula is C17H26BrNO2. The van der Waals surface area contributed by atoms with Crippen LogP contribution in [0.2, 0.25) is 0 Å². The number of halogens is 1. The number of methoxy groups -OCH3 is 1. The van der Waals surface area contributed by atoms with E-state index in [9.17, 15) is 0 Å². The van der Waals surface area contributed by atoms with Gasteiger partial charge in [0.15, 0.2) is 0 Å². The Morgan fingerprint density at radius 3 is 2.71 bits per heavy atom. The number of hydrogen-bond acceptors (Lipinski definition) is 3. The second-order valence-corrected chi connectivity index (χ2v) is 6.67. The van der Waals surface area contributed by atoms with Gasteiger partial charge in [0.25, 0.3) is 0 Å². The summed E-state index contributed by atoms with van der Waals surface area (Å²) >= 11 is 3.59. The van der Waals surface area contributed by atoms with E-state index in [0.717, 1.165) is 29.9 Å². The van der Waals surface area contributed by atoms with Crippen LogP contribution in [0.3, 0.4) is 0 Å². The second-order valence-electron chi connectivity index (χ2n) is 5.76. The van der Waals surface area contributed by atoms with Crippen LogP contribution in [0, 0.1) is 6.92 Å². The lowest BCUT2D eigenvalue weighted by Gasteiger charge is -2.25. The van der Waals surface area contributed by atoms with Gasteiger partial charge in [-0.2, -0.15) is 0 Å². The first-order valence-corrected chi connectivity index (χ1v) is 8.65. The van der Waals surface area contributed by atoms with Crippen LogP contribution in [-0.4, -0.2) is 26.4 Å². The van der Waals surface area contributed by atoms with Crippen molar-refractivity contribution in [2.24, 2.45) is 0 Å². The van der Waals surface area contributed by atoms with E-state index in [-0.39, 0.29) is 0 Å². The van der Waals surface area contributed by atoms with Gasteiger partial charge in [-0.3, -0.25) is 0 Å². The van der Waals surface area contributed by atoms with Crippen LogP contribution < -0.4 is 10.1 Å². The van der Waals surface area contributed by atoms with Crippen molar-refractivity contribution in [2.75, 3.05) is 20.3 Å². The molecule has 118 valence electrons. The van der Waals surface area contributed by atoms with Crippen molar-refractivity contribution in [1.29, 1.82) is 0 Å². The Kier molecular flexibility index (Phi) is 7.00. The van der Waals surface area contributed by atoms with Crippen LogP contribution in [0.15, 0.2) is 16.6 Å². The molecule has 0 aromatic heterocycles. The normalized spacial score (nSPS) is 16.1. The summed E-state index contributed by atoms with van der Waals surface area (Å²) < 4.78 is 12.5. The predicted molar refractivity (Wildman–Crippen MR) is 90.0 cm³/mol. The highest BCUT2D eigenvalue weighted by Crippen LogP contribution is 2.31. The van der Waals surface area contributed by atoms with Crippen molar-refractivity contribution in [3.63, 3.8) is 0 Å². The topological polar surface area (TPSA) is 30.5 Å². The molecule has 1 aliphatic rings. The van der Waals surface area contributed by atoms with Crippen LogP contribution in [-0.2, 0) is 11.3 Å². The fourth-order valence-electron chi connectivity index (χ4n) is 2.85. The average Bonchev–Trinajstić information content (AvgIpc) is 2.48. The third-order valence-electron chi connectivity index (χ3n) is 3.95. The minimum absolute atomic E-state index is 0.386. The fraction of sp³-hybridized carbons (Fsp3) is 0.647. The monoisotopic (exact) mass is 355 g/mol. The lowest BCUT2D eigenvalue weighted by Crippen LogP contribution is -2.23. The van der Waals surface area contributed by atoms with E-state index >= 15 is 0 Å². The van der Waals surface area contributed by atoms with E-state index in [1.165, 1.54) is 43.2 Å². The van der Waals surface area contributed by atoms with Crippen molar-refractivity contribution in [1.82, 2.24) is 5.32 Å². The Balaban J connectivity index is 2.05. The second kappa shape index (κ2) is 8.76. The van der Waals surface area contributed by atoms with Crippen LogP contribution in [0.4, 0.5) is 0 Å². The van der Waals surface area contributed by atoms with Gasteiger partial charge in [-0.1, -0.05) is 22.4 Å². The number of rotatable bonds is 7. The first kappa shape index (κ1) is 16.8. The molecule has 0 aliphatic heterocycles. The SMILES string of the molecule is COCCNCc1cc(Br)cc(C)c1OC1CCCCC1. The van der Waals surface area contributed by atoms with Crippen LogP contribution >= 0.6 is 15.9 Å². The highest BCUT2D eigenvalue weighted by Gasteiger charge is 2.18. The molecule has 3 nitrogen and oxygen atoms in total. The van der Waals surface area contributed by atoms with Crippen molar-refractivity contribution in [3.8, 4) is 5.75 Å². The summed E-state index contributed by atoms with van der Waals surface area (Å²) in [5.74, 6) is 1.06. The molecule has 4 heteroatoms. The Morgan fingerprint density at radius 2 is 2.00 bits per heavy atom. The maximum Gasteiger partial charge on any atom is 0.127 e. The molecule has 0 spiro atoms. The predicted octanol–water partition coefficient (Wildman–Crippen LogP) is 4.21. The Bertz CT molecular complexity index is 445. The van der Waals surface area contributed by atoms with Crippen LogP contribution in [0.5, 0.6) is 5.75 Å². The smallest absolute Gasteiger partial charge is 0.127 e. The molecular weight excluding hydrogens is 330 g/mol. The molecule has 1 aliphatic carbocycles. The zero-order valence-electron chi connectivity index (χ0n) is 13.1. The van der Waals surface area contributed by atoms with Gasteiger partial charge < -0.3 is 14.8 Å². The molecule has 1 aromatic carbocycles. The summed E-state index contributed by atoms with van der Waals surface area (Å²) in [6.45, 7) is 4.52. The molecule has 1 saturated carbocycles. The van der Waals surface area contributed by atoms with E-state index in [2.05, 4.69) is 40.3 Å². The molecule has 0 saturated heterocycles. The van der Waals surface area contributed by atoms with Gasteiger partial charge in [0.2, 0.25) is 0 Å². The van der Waals surface area contributed by atoms with Crippen molar-refractivity contribution in [2.45, 2.75) is 51.7 Å². The largest absolute Gasteiger partial charge is 0.490 e. The van der Waals surface area contributed by atoms with Crippen LogP contribution in [0.1, 0.15) is 43.2 Å². The van der Waals surface area contributed by atoms with Crippen LogP contribution in [0.25, 0.3) is 0 Å². The third-order valence-corrected chi connectivity index (χ3v) is 4.41. The summed E-state index contributed by atoms with van der Waals surface area (Å²) in [5, 5.41) is 3.41. The summed E-state index contributed by atoms with van der Waals surface area (Å²) in [7, 11) is 1.72. The molecule has 1 N–H and O–H groups in total. The molecule has 0 bridgehead atoms. The fourth-order valence-corrected chi connectivity index (χ4v) is 3.47. The first-order chi connectivity index (χ1) is 10.2. The Morgan fingerprint density at radius 1 is 1.24 bits per heavy atom. The highest BCUT2D eigenvalue weighted by molar-refractivity contribution is 9.10. The number of hydrogen-bond donors (Lipinski definition) is 1. The highest BCUT2D eigenvalue weighted by atomic mass is 79.9. The minimum Gasteiger partial charge on any atom is -0.490 e. The van der Waals surface area contributed by atoms with Gasteiger partial charge in [0.05, 0.1) is 12.7 Å². The van der Waals surface area contributed by atoms with Crippen molar-refractivity contribution >= 4 is 15.9 Å². The minimum atomic E-state index is 0.386. The van der Waals surface area contributed by atoms with Gasteiger partial charge in [-0.25, -0.2) is 0 Å². The van der Waals surface area contributed by atoms with E-state index in [0.29, 0.717) is 6.10 Å². The standard InChI is InChI=1S/C17H26BrNO2/c1-13-10-15(18)11-14(12-19-8-9-20-2)17(13)21-16-6-4-3-5-7-16/h10-11,16,19H,3-9,12H2,1-2H3. The van der Waals surface area contributed by atoms with E-state index in [1.54, 1.807) is 7.11 Å². The molecule has 2 rings (SSSR count). The van der Waals surface area contributed by atoms with Crippen molar-refractivity contribution in [3.05, 3.63) is 27.7 Å². The number of nitrogens with one attached hydrogen (secondary N) is 1. The summed E-state index contributed by atoms with van der Waals surface area (Å²) in [6.07, 6.45) is 6.70. The Hall–Kier alpha value is -0.580. The van der Waals surface area contributed by atoms with Gasteiger partial charge in [-0.05, 0) is 50.3 Å². The van der Waals surface area contributed by atoms with E-state index in [1.807, 2.05) is 0 Å². The first-order valence-electron chi connectivity index (χ1n) is 7.86. The molecule has 21 heavy (non-hydrogen) atoms. The van der Waals surface area contributed by atoms with E-state index < -0.39 is 0 Å². The van der Waals surface area contributed by atoms with Gasteiger partial charge in [0, 0.05) is 30.2 Å². The van der Waals surface area contributed by atoms with Gasteiger partial charge in [-0.15, -0.1) is 0 Å². The number of benzene rings is 1. The summed E-state index contributed by atoms with van der Waals surface area (Å²) in [5.41, 5.74) is 2.43. The molecule has 0 unspecified atom stereocenters. The third kappa shape index (κ3) is 5.28. The summed E-state index contributed by atoms with van der Waals surface area (Å²) in [6, 6.07) is 4.29. The zero-order chi connectivity index (χ0) is 15.1. The van der Waals surface area contributed by atoms with Gasteiger partial charge in [0.1, 0.15) is 5.75 Å². The van der Waals surface area contributed by atoms with Gasteiger partial charge >= 0.3 is 0 Å². The average molecular weight is 356 g/mol. The maximum atomic E-state index is 6.34. The maximum absolute atomic E-state index is 6.34. The number of ether oxygens (including phenoxy) is 2. The molecule has 0 radical (unpaired) electrons. The van der Waals surface area contributed by atoms with E-state index in [4.69, 9.17) is 9.47 Å².